The van der Waals surface area contributed by atoms with Crippen LogP contribution >= 0.6 is 0 Å². The Bertz CT molecular complexity index is 395. The van der Waals surface area contributed by atoms with Gasteiger partial charge in [0, 0.05) is 0 Å². The highest BCUT2D eigenvalue weighted by Crippen LogP contribution is 2.16. The molecule has 0 N–H and O–H groups in total. The quantitative estimate of drug-likeness (QED) is 0.0598. The lowest BCUT2D eigenvalue weighted by Gasteiger charge is -2.04. The monoisotopic (exact) mass is 519 g/mol. The molecule has 0 heteroatoms. The first-order valence-corrected chi connectivity index (χ1v) is 18.1. The Labute approximate surface area is 237 Å². The van der Waals surface area contributed by atoms with Crippen LogP contribution in [0.3, 0.4) is 0 Å². The average Bonchev–Trinajstić information content (AvgIpc) is 2.91. The minimum Gasteiger partial charge on any atom is -0.0885 e. The van der Waals surface area contributed by atoms with E-state index in [0.29, 0.717) is 0 Å². The van der Waals surface area contributed by atoms with Gasteiger partial charge in [0.05, 0.1) is 0 Å². The lowest BCUT2D eigenvalue weighted by Crippen LogP contribution is -1.84. The van der Waals surface area contributed by atoms with Crippen LogP contribution in [0.4, 0.5) is 0 Å². The van der Waals surface area contributed by atoms with Crippen LogP contribution in [0, 0.1) is 0 Å². The van der Waals surface area contributed by atoms with Crippen LogP contribution in [0.25, 0.3) is 0 Å². The summed E-state index contributed by atoms with van der Waals surface area (Å²) in [4.78, 5) is 0. The van der Waals surface area contributed by atoms with Crippen LogP contribution in [0.2, 0.25) is 0 Å². The van der Waals surface area contributed by atoms with Crippen LogP contribution in [0.1, 0.15) is 226 Å². The first-order valence-electron chi connectivity index (χ1n) is 18.1. The van der Waals surface area contributed by atoms with E-state index in [0.717, 1.165) is 0 Å². The second kappa shape index (κ2) is 35.7. The van der Waals surface area contributed by atoms with Gasteiger partial charge in [-0.2, -0.15) is 0 Å². The number of allylic oxidation sites excluding steroid dienone is 2. The third kappa shape index (κ3) is 35.7. The predicted octanol–water partition coefficient (Wildman–Crippen LogP) is 14.5. The van der Waals surface area contributed by atoms with Crippen LogP contribution in [-0.2, 0) is 0 Å². The first kappa shape index (κ1) is 36.7. The molecule has 0 saturated heterocycles. The zero-order chi connectivity index (χ0) is 26.7. The Balaban J connectivity index is 3.06. The molecule has 0 atom stereocenters. The Morgan fingerprint density at radius 3 is 0.568 bits per heavy atom. The molecule has 0 heterocycles. The van der Waals surface area contributed by atoms with E-state index in [1.807, 2.05) is 0 Å². The topological polar surface area (TPSA) is 0 Å². The zero-order valence-corrected chi connectivity index (χ0v) is 26.5. The molecule has 0 nitrogen and oxygen atoms in total. The van der Waals surface area contributed by atoms with E-state index in [-0.39, 0.29) is 0 Å². The highest BCUT2D eigenvalue weighted by Gasteiger charge is 1.96. The van der Waals surface area contributed by atoms with E-state index in [9.17, 15) is 0 Å². The van der Waals surface area contributed by atoms with Crippen molar-refractivity contribution in [3.63, 3.8) is 0 Å². The maximum Gasteiger partial charge on any atom is -0.0351 e. The number of rotatable bonds is 33. The molecule has 0 aliphatic carbocycles. The maximum atomic E-state index is 2.46. The van der Waals surface area contributed by atoms with Crippen molar-refractivity contribution in [1.82, 2.24) is 0 Å². The summed E-state index contributed by atoms with van der Waals surface area (Å²) in [5, 5.41) is 0. The summed E-state index contributed by atoms with van der Waals surface area (Å²) in [5.41, 5.74) is 0. The third-order valence-electron chi connectivity index (χ3n) is 8.37. The fourth-order valence-corrected chi connectivity index (χ4v) is 5.68. The highest BCUT2D eigenvalue weighted by molar-refractivity contribution is 4.81. The van der Waals surface area contributed by atoms with E-state index < -0.39 is 0 Å². The lowest BCUT2D eigenvalue weighted by molar-refractivity contribution is 0.520. The third-order valence-corrected chi connectivity index (χ3v) is 8.37. The lowest BCUT2D eigenvalue weighted by atomic mass is 10.0. The van der Waals surface area contributed by atoms with Gasteiger partial charge >= 0.3 is 0 Å². The molecule has 0 aromatic carbocycles. The van der Waals surface area contributed by atoms with Crippen LogP contribution < -0.4 is 0 Å². The minimum atomic E-state index is 1.32. The second-order valence-electron chi connectivity index (χ2n) is 12.3. The van der Waals surface area contributed by atoms with Gasteiger partial charge in [0.2, 0.25) is 0 Å². The molecule has 0 aromatic rings. The van der Waals surface area contributed by atoms with Crippen LogP contribution in [0.5, 0.6) is 0 Å². The van der Waals surface area contributed by atoms with Crippen molar-refractivity contribution in [3.05, 3.63) is 12.2 Å². The van der Waals surface area contributed by atoms with Gasteiger partial charge in [-0.15, -0.1) is 0 Å². The van der Waals surface area contributed by atoms with Gasteiger partial charge in [0.15, 0.2) is 0 Å². The molecule has 0 aliphatic heterocycles. The Hall–Kier alpha value is -0.260. The Morgan fingerprint density at radius 1 is 0.216 bits per heavy atom. The molecule has 0 fully saturated rings. The molecule has 0 rings (SSSR count). The summed E-state index contributed by atoms with van der Waals surface area (Å²) in [7, 11) is 0. The van der Waals surface area contributed by atoms with Crippen molar-refractivity contribution in [2.75, 3.05) is 0 Å². The zero-order valence-electron chi connectivity index (χ0n) is 26.5. The Morgan fingerprint density at radius 2 is 0.378 bits per heavy atom. The summed E-state index contributed by atoms with van der Waals surface area (Å²) in [5.74, 6) is 0. The van der Waals surface area contributed by atoms with Gasteiger partial charge < -0.3 is 0 Å². The number of hydrogen-bond donors (Lipinski definition) is 0. The fourth-order valence-electron chi connectivity index (χ4n) is 5.68. The normalized spacial score (nSPS) is 11.7. The van der Waals surface area contributed by atoms with Gasteiger partial charge in [-0.05, 0) is 25.7 Å². The molecule has 0 bridgehead atoms. The van der Waals surface area contributed by atoms with Crippen molar-refractivity contribution in [2.45, 2.75) is 226 Å². The van der Waals surface area contributed by atoms with Crippen molar-refractivity contribution < 1.29 is 0 Å². The van der Waals surface area contributed by atoms with Crippen molar-refractivity contribution in [1.29, 1.82) is 0 Å². The molecule has 0 aliphatic rings. The van der Waals surface area contributed by atoms with E-state index in [2.05, 4.69) is 26.0 Å². The molecule has 37 heavy (non-hydrogen) atoms. The highest BCUT2D eigenvalue weighted by atomic mass is 14.0. The molecule has 0 radical (unpaired) electrons. The summed E-state index contributed by atoms with van der Waals surface area (Å²) >= 11 is 0. The minimum absolute atomic E-state index is 1.32. The van der Waals surface area contributed by atoms with Crippen molar-refractivity contribution in [3.8, 4) is 0 Å². The van der Waals surface area contributed by atoms with Crippen molar-refractivity contribution in [2.24, 2.45) is 0 Å². The van der Waals surface area contributed by atoms with Gasteiger partial charge in [-0.1, -0.05) is 212 Å². The second-order valence-corrected chi connectivity index (χ2v) is 12.3. The summed E-state index contributed by atoms with van der Waals surface area (Å²) in [6.45, 7) is 4.61. The van der Waals surface area contributed by atoms with Gasteiger partial charge in [0.25, 0.3) is 0 Å². The van der Waals surface area contributed by atoms with Crippen LogP contribution in [-0.4, -0.2) is 0 Å². The average molecular weight is 519 g/mol. The number of hydrogen-bond acceptors (Lipinski definition) is 0. The predicted molar refractivity (Wildman–Crippen MR) is 173 cm³/mol. The standard InChI is InChI=1S/C37H74/c1-3-5-7-9-11-13-15-17-19-21-23-25-27-29-31-33-35-37-36-34-32-30-28-26-24-22-20-18-16-14-12-10-8-6-4-2/h25,27H,3-24,26,28-37H2,1-2H3. The summed E-state index contributed by atoms with van der Waals surface area (Å²) in [6.07, 6.45) is 52.9. The molecule has 0 saturated carbocycles. The molecule has 0 unspecified atom stereocenters. The summed E-state index contributed by atoms with van der Waals surface area (Å²) in [6, 6.07) is 0. The summed E-state index contributed by atoms with van der Waals surface area (Å²) < 4.78 is 0. The van der Waals surface area contributed by atoms with Crippen LogP contribution in [0.15, 0.2) is 12.2 Å². The molecule has 222 valence electrons. The van der Waals surface area contributed by atoms with E-state index >= 15 is 0 Å². The van der Waals surface area contributed by atoms with E-state index in [1.54, 1.807) is 0 Å². The molecule has 0 aromatic heterocycles. The Kier molecular flexibility index (Phi) is 35.5. The SMILES string of the molecule is CCCCCCCCCCCCC=CCCCCCCCCCCCCCCCCCCCCCCC. The molecule has 0 amide bonds. The first-order chi connectivity index (χ1) is 18.4. The van der Waals surface area contributed by atoms with Gasteiger partial charge in [-0.25, -0.2) is 0 Å². The number of unbranched alkanes of at least 4 members (excludes halogenated alkanes) is 31. The molecular weight excluding hydrogens is 444 g/mol. The van der Waals surface area contributed by atoms with Gasteiger partial charge in [-0.3, -0.25) is 0 Å². The smallest absolute Gasteiger partial charge is 0.0351 e. The molecular formula is C37H74. The fraction of sp³-hybridized carbons (Fsp3) is 0.946. The van der Waals surface area contributed by atoms with Crippen molar-refractivity contribution >= 4 is 0 Å². The maximum absolute atomic E-state index is 2.46. The molecule has 0 spiro atoms. The largest absolute Gasteiger partial charge is 0.0885 e. The van der Waals surface area contributed by atoms with E-state index in [1.165, 1.54) is 212 Å². The van der Waals surface area contributed by atoms with Gasteiger partial charge in [0.1, 0.15) is 0 Å². The van der Waals surface area contributed by atoms with E-state index in [4.69, 9.17) is 0 Å².